The van der Waals surface area contributed by atoms with E-state index in [1.807, 2.05) is 7.05 Å². The summed E-state index contributed by atoms with van der Waals surface area (Å²) in [6.07, 6.45) is 10.2. The van der Waals surface area contributed by atoms with E-state index < -0.39 is 0 Å². The van der Waals surface area contributed by atoms with Crippen LogP contribution in [0.15, 0.2) is 4.99 Å². The second-order valence-electron chi connectivity index (χ2n) is 6.97. The van der Waals surface area contributed by atoms with E-state index >= 15 is 0 Å². The molecular formula is C16H29N3O2. The number of nitrogens with zero attached hydrogens (tertiary/aromatic N) is 1. The molecular weight excluding hydrogens is 266 g/mol. The average Bonchev–Trinajstić information content (AvgIpc) is 3.20. The van der Waals surface area contributed by atoms with Crippen LogP contribution in [0.4, 0.5) is 0 Å². The van der Waals surface area contributed by atoms with Crippen molar-refractivity contribution in [3.63, 3.8) is 0 Å². The maximum atomic E-state index is 9.33. The standard InChI is InChI=1S/C16H29N3O2/c1-17-15(19-13-10-12-4-5-14(13)21-12)18-11-16(8-9-20)6-2-3-7-16/h12-14,20H,2-11H2,1H3,(H2,17,18,19). The van der Waals surface area contributed by atoms with Crippen molar-refractivity contribution in [1.82, 2.24) is 10.6 Å². The number of hydrogen-bond donors (Lipinski definition) is 3. The molecule has 3 N–H and O–H groups in total. The van der Waals surface area contributed by atoms with Gasteiger partial charge in [-0.15, -0.1) is 0 Å². The lowest BCUT2D eigenvalue weighted by molar-refractivity contribution is 0.0992. The van der Waals surface area contributed by atoms with E-state index in [0.717, 1.165) is 25.3 Å². The molecule has 3 rings (SSSR count). The number of aliphatic imine (C=N–C) groups is 1. The SMILES string of the molecule is CN=C(NCC1(CCO)CCCC1)NC1CC2CCC1O2. The van der Waals surface area contributed by atoms with Gasteiger partial charge in [0.25, 0.3) is 0 Å². The first kappa shape index (κ1) is 15.1. The minimum Gasteiger partial charge on any atom is -0.396 e. The second kappa shape index (κ2) is 6.53. The van der Waals surface area contributed by atoms with Crippen molar-refractivity contribution in [3.8, 4) is 0 Å². The van der Waals surface area contributed by atoms with Crippen LogP contribution in [0.25, 0.3) is 0 Å². The Balaban J connectivity index is 1.50. The molecule has 1 saturated carbocycles. The Morgan fingerprint density at radius 1 is 1.33 bits per heavy atom. The van der Waals surface area contributed by atoms with Gasteiger partial charge in [-0.1, -0.05) is 12.8 Å². The van der Waals surface area contributed by atoms with Gasteiger partial charge < -0.3 is 20.5 Å². The van der Waals surface area contributed by atoms with Gasteiger partial charge in [-0.2, -0.15) is 0 Å². The van der Waals surface area contributed by atoms with E-state index in [9.17, 15) is 5.11 Å². The van der Waals surface area contributed by atoms with Crippen LogP contribution in [-0.2, 0) is 4.74 Å². The lowest BCUT2D eigenvalue weighted by atomic mass is 9.83. The average molecular weight is 295 g/mol. The molecule has 5 heteroatoms. The molecule has 2 heterocycles. The number of fused-ring (bicyclic) bond motifs is 2. The summed E-state index contributed by atoms with van der Waals surface area (Å²) in [5.41, 5.74) is 0.261. The molecule has 1 aliphatic carbocycles. The molecule has 5 nitrogen and oxygen atoms in total. The molecule has 0 aromatic heterocycles. The Bertz CT molecular complexity index is 380. The van der Waals surface area contributed by atoms with Gasteiger partial charge in [0, 0.05) is 20.2 Å². The third-order valence-electron chi connectivity index (χ3n) is 5.59. The summed E-state index contributed by atoms with van der Waals surface area (Å²) in [5.74, 6) is 0.889. The van der Waals surface area contributed by atoms with Gasteiger partial charge in [0.1, 0.15) is 0 Å². The van der Waals surface area contributed by atoms with Crippen molar-refractivity contribution in [2.45, 2.75) is 69.6 Å². The van der Waals surface area contributed by atoms with Crippen molar-refractivity contribution in [2.24, 2.45) is 10.4 Å². The van der Waals surface area contributed by atoms with Gasteiger partial charge in [0.05, 0.1) is 18.2 Å². The molecule has 21 heavy (non-hydrogen) atoms. The van der Waals surface area contributed by atoms with Crippen LogP contribution in [0, 0.1) is 5.41 Å². The molecule has 2 saturated heterocycles. The fourth-order valence-electron chi connectivity index (χ4n) is 4.31. The number of rotatable bonds is 5. The molecule has 3 aliphatic rings. The summed E-state index contributed by atoms with van der Waals surface area (Å²) >= 11 is 0. The van der Waals surface area contributed by atoms with Crippen molar-refractivity contribution in [2.75, 3.05) is 20.2 Å². The van der Waals surface area contributed by atoms with Crippen LogP contribution in [0.2, 0.25) is 0 Å². The first-order valence-electron chi connectivity index (χ1n) is 8.48. The molecule has 3 atom stereocenters. The Morgan fingerprint density at radius 3 is 2.71 bits per heavy atom. The van der Waals surface area contributed by atoms with E-state index in [1.165, 1.54) is 38.5 Å². The van der Waals surface area contributed by atoms with Gasteiger partial charge in [-0.05, 0) is 43.9 Å². The van der Waals surface area contributed by atoms with Crippen LogP contribution in [0.3, 0.4) is 0 Å². The van der Waals surface area contributed by atoms with E-state index in [4.69, 9.17) is 4.74 Å². The molecule has 2 bridgehead atoms. The smallest absolute Gasteiger partial charge is 0.191 e. The molecule has 2 aliphatic heterocycles. The fourth-order valence-corrected chi connectivity index (χ4v) is 4.31. The molecule has 0 amide bonds. The predicted octanol–water partition coefficient (Wildman–Crippen LogP) is 1.41. The highest BCUT2D eigenvalue weighted by molar-refractivity contribution is 5.80. The highest BCUT2D eigenvalue weighted by Gasteiger charge is 2.41. The number of aliphatic hydroxyl groups is 1. The highest BCUT2D eigenvalue weighted by atomic mass is 16.5. The largest absolute Gasteiger partial charge is 0.396 e. The number of ether oxygens (including phenoxy) is 1. The van der Waals surface area contributed by atoms with Crippen LogP contribution in [0.1, 0.15) is 51.4 Å². The van der Waals surface area contributed by atoms with Gasteiger partial charge >= 0.3 is 0 Å². The van der Waals surface area contributed by atoms with Gasteiger partial charge in [-0.25, -0.2) is 0 Å². The third kappa shape index (κ3) is 3.34. The van der Waals surface area contributed by atoms with E-state index in [0.29, 0.717) is 18.2 Å². The summed E-state index contributed by atoms with van der Waals surface area (Å²) in [6, 6.07) is 0.410. The molecule has 0 aromatic rings. The van der Waals surface area contributed by atoms with E-state index in [1.54, 1.807) is 0 Å². The zero-order chi connectivity index (χ0) is 14.7. The van der Waals surface area contributed by atoms with Gasteiger partial charge in [0.2, 0.25) is 0 Å². The molecule has 120 valence electrons. The minimum atomic E-state index is 0.261. The Morgan fingerprint density at radius 2 is 2.14 bits per heavy atom. The monoisotopic (exact) mass is 295 g/mol. The summed E-state index contributed by atoms with van der Waals surface area (Å²) in [6.45, 7) is 1.20. The minimum absolute atomic E-state index is 0.261. The van der Waals surface area contributed by atoms with Crippen LogP contribution >= 0.6 is 0 Å². The highest BCUT2D eigenvalue weighted by Crippen LogP contribution is 2.40. The molecule has 3 fully saturated rings. The predicted molar refractivity (Wildman–Crippen MR) is 83.4 cm³/mol. The number of nitrogens with one attached hydrogen (secondary N) is 2. The molecule has 0 spiro atoms. The normalized spacial score (nSPS) is 34.4. The number of guanidine groups is 1. The Kier molecular flexibility index (Phi) is 4.69. The zero-order valence-electron chi connectivity index (χ0n) is 13.1. The summed E-state index contributed by atoms with van der Waals surface area (Å²) in [4.78, 5) is 4.36. The Hall–Kier alpha value is -0.810. The first-order chi connectivity index (χ1) is 10.2. The molecule has 0 radical (unpaired) electrons. The lowest BCUT2D eigenvalue weighted by Crippen LogP contribution is -2.49. The maximum absolute atomic E-state index is 9.33. The van der Waals surface area contributed by atoms with Crippen LogP contribution < -0.4 is 10.6 Å². The van der Waals surface area contributed by atoms with Crippen LogP contribution in [-0.4, -0.2) is 49.5 Å². The van der Waals surface area contributed by atoms with Crippen molar-refractivity contribution in [3.05, 3.63) is 0 Å². The second-order valence-corrected chi connectivity index (χ2v) is 6.97. The van der Waals surface area contributed by atoms with E-state index in [2.05, 4.69) is 15.6 Å². The fraction of sp³-hybridized carbons (Fsp3) is 0.938. The lowest BCUT2D eigenvalue weighted by Gasteiger charge is -2.30. The third-order valence-corrected chi connectivity index (χ3v) is 5.59. The van der Waals surface area contributed by atoms with Crippen molar-refractivity contribution in [1.29, 1.82) is 0 Å². The Labute approximate surface area is 127 Å². The summed E-state index contributed by atoms with van der Waals surface area (Å²) < 4.78 is 5.89. The van der Waals surface area contributed by atoms with Gasteiger partial charge in [-0.3, -0.25) is 4.99 Å². The summed E-state index contributed by atoms with van der Waals surface area (Å²) in [7, 11) is 1.83. The van der Waals surface area contributed by atoms with Gasteiger partial charge in [0.15, 0.2) is 5.96 Å². The zero-order valence-corrected chi connectivity index (χ0v) is 13.1. The maximum Gasteiger partial charge on any atom is 0.191 e. The van der Waals surface area contributed by atoms with Crippen LogP contribution in [0.5, 0.6) is 0 Å². The molecule has 3 unspecified atom stereocenters. The quantitative estimate of drug-likeness (QED) is 0.530. The number of aliphatic hydroxyl groups excluding tert-OH is 1. The van der Waals surface area contributed by atoms with E-state index in [-0.39, 0.29) is 12.0 Å². The van der Waals surface area contributed by atoms with Crippen molar-refractivity contribution < 1.29 is 9.84 Å². The number of hydrogen-bond acceptors (Lipinski definition) is 3. The summed E-state index contributed by atoms with van der Waals surface area (Å²) in [5, 5.41) is 16.4. The molecule has 0 aromatic carbocycles. The first-order valence-corrected chi connectivity index (χ1v) is 8.48. The van der Waals surface area contributed by atoms with Crippen molar-refractivity contribution >= 4 is 5.96 Å². The topological polar surface area (TPSA) is 65.9 Å².